The Morgan fingerprint density at radius 2 is 1.87 bits per heavy atom. The van der Waals surface area contributed by atoms with Gasteiger partial charge in [0.25, 0.3) is 5.91 Å². The summed E-state index contributed by atoms with van der Waals surface area (Å²) in [4.78, 5) is 35.3. The molecular weight excluding hydrogens is 405 g/mol. The Labute approximate surface area is 170 Å². The molecule has 11 heteroatoms. The molecule has 1 aromatic carbocycles. The lowest BCUT2D eigenvalue weighted by molar-refractivity contribution is -0.137. The first-order chi connectivity index (χ1) is 14.1. The van der Waals surface area contributed by atoms with Gasteiger partial charge in [-0.15, -0.1) is 0 Å². The van der Waals surface area contributed by atoms with Gasteiger partial charge in [-0.25, -0.2) is 4.79 Å². The molecule has 0 radical (unpaired) electrons. The minimum absolute atomic E-state index is 0.0572. The number of halogens is 3. The van der Waals surface area contributed by atoms with Crippen LogP contribution in [0.25, 0.3) is 0 Å². The number of rotatable bonds is 7. The van der Waals surface area contributed by atoms with Crippen LogP contribution in [0.5, 0.6) is 0 Å². The van der Waals surface area contributed by atoms with Gasteiger partial charge in [0, 0.05) is 17.9 Å². The molecule has 4 N–H and O–H groups in total. The normalized spacial score (nSPS) is 11.1. The van der Waals surface area contributed by atoms with Crippen LogP contribution in [-0.4, -0.2) is 30.9 Å². The molecule has 0 aliphatic carbocycles. The number of hydrogen-bond donors (Lipinski definition) is 4. The zero-order valence-corrected chi connectivity index (χ0v) is 16.2. The number of carbonyl (C=O) groups excluding carboxylic acids is 3. The summed E-state index contributed by atoms with van der Waals surface area (Å²) in [6.07, 6.45) is -3.49. The van der Waals surface area contributed by atoms with E-state index < -0.39 is 36.1 Å². The summed E-state index contributed by atoms with van der Waals surface area (Å²) in [6, 6.07) is 5.15. The predicted molar refractivity (Wildman–Crippen MR) is 103 cm³/mol. The Bertz CT molecular complexity index is 896. The van der Waals surface area contributed by atoms with E-state index in [1.165, 1.54) is 24.5 Å². The van der Waals surface area contributed by atoms with Crippen LogP contribution >= 0.6 is 0 Å². The number of urea groups is 1. The van der Waals surface area contributed by atoms with E-state index in [0.717, 1.165) is 12.1 Å². The Balaban J connectivity index is 2.04. The fraction of sp³-hybridized carbons (Fsp3) is 0.316. The molecule has 0 aliphatic heterocycles. The van der Waals surface area contributed by atoms with Gasteiger partial charge in [-0.05, 0) is 36.2 Å². The number of nitrogens with one attached hydrogen (secondary N) is 4. The lowest BCUT2D eigenvalue weighted by Crippen LogP contribution is -2.43. The van der Waals surface area contributed by atoms with Gasteiger partial charge in [-0.3, -0.25) is 14.9 Å². The summed E-state index contributed by atoms with van der Waals surface area (Å²) in [7, 11) is 0. The van der Waals surface area contributed by atoms with Gasteiger partial charge >= 0.3 is 12.2 Å². The molecule has 0 unspecified atom stereocenters. The standard InChI is InChI=1S/C19H21F3N4O4/c1-11(2)9-24-18(29)26-16(27)10-23-14-6-5-12(8-13(14)19(20,21)22)25-17(28)15-4-3-7-30-15/h3-8,11,23H,9-10H2,1-2H3,(H,25,28)(H2,24,26,27,29). The fourth-order valence-electron chi connectivity index (χ4n) is 2.30. The summed E-state index contributed by atoms with van der Waals surface area (Å²) in [5, 5.41) is 9.13. The molecule has 1 aromatic heterocycles. The van der Waals surface area contributed by atoms with Crippen LogP contribution in [-0.2, 0) is 11.0 Å². The molecule has 8 nitrogen and oxygen atoms in total. The molecule has 30 heavy (non-hydrogen) atoms. The predicted octanol–water partition coefficient (Wildman–Crippen LogP) is 3.44. The van der Waals surface area contributed by atoms with Crippen molar-refractivity contribution in [3.63, 3.8) is 0 Å². The highest BCUT2D eigenvalue weighted by molar-refractivity contribution is 6.02. The maximum atomic E-state index is 13.4. The summed E-state index contributed by atoms with van der Waals surface area (Å²) in [6.45, 7) is 3.51. The molecule has 0 aliphatic rings. The minimum Gasteiger partial charge on any atom is -0.459 e. The molecule has 2 rings (SSSR count). The molecule has 2 aromatic rings. The minimum atomic E-state index is -4.75. The SMILES string of the molecule is CC(C)CNC(=O)NC(=O)CNc1ccc(NC(=O)c2ccco2)cc1C(F)(F)F. The maximum absolute atomic E-state index is 13.4. The molecule has 0 fully saturated rings. The number of benzene rings is 1. The molecule has 0 saturated heterocycles. The Hall–Kier alpha value is -3.50. The Morgan fingerprint density at radius 3 is 2.47 bits per heavy atom. The van der Waals surface area contributed by atoms with Crippen LogP contribution in [0.2, 0.25) is 0 Å². The second-order valence-electron chi connectivity index (χ2n) is 6.70. The number of amides is 4. The van der Waals surface area contributed by atoms with Crippen molar-refractivity contribution in [3.05, 3.63) is 47.9 Å². The highest BCUT2D eigenvalue weighted by Crippen LogP contribution is 2.36. The van der Waals surface area contributed by atoms with E-state index in [9.17, 15) is 27.6 Å². The summed E-state index contributed by atoms with van der Waals surface area (Å²) >= 11 is 0. The maximum Gasteiger partial charge on any atom is 0.418 e. The van der Waals surface area contributed by atoms with E-state index in [4.69, 9.17) is 4.42 Å². The van der Waals surface area contributed by atoms with E-state index in [2.05, 4.69) is 16.0 Å². The van der Waals surface area contributed by atoms with Gasteiger partial charge in [-0.2, -0.15) is 13.2 Å². The van der Waals surface area contributed by atoms with Crippen LogP contribution < -0.4 is 21.3 Å². The van der Waals surface area contributed by atoms with Crippen molar-refractivity contribution >= 4 is 29.2 Å². The van der Waals surface area contributed by atoms with Crippen LogP contribution in [0, 0.1) is 5.92 Å². The van der Waals surface area contributed by atoms with Gasteiger partial charge in [0.05, 0.1) is 18.4 Å². The molecule has 0 bridgehead atoms. The van der Waals surface area contributed by atoms with Crippen molar-refractivity contribution in [2.24, 2.45) is 5.92 Å². The monoisotopic (exact) mass is 426 g/mol. The zero-order chi connectivity index (χ0) is 22.3. The van der Waals surface area contributed by atoms with E-state index in [0.29, 0.717) is 6.54 Å². The van der Waals surface area contributed by atoms with Crippen molar-refractivity contribution in [3.8, 4) is 0 Å². The fourth-order valence-corrected chi connectivity index (χ4v) is 2.30. The van der Waals surface area contributed by atoms with Crippen molar-refractivity contribution in [2.75, 3.05) is 23.7 Å². The number of furan rings is 1. The van der Waals surface area contributed by atoms with Gasteiger partial charge in [0.15, 0.2) is 5.76 Å². The van der Waals surface area contributed by atoms with Crippen molar-refractivity contribution in [1.82, 2.24) is 10.6 Å². The number of alkyl halides is 3. The van der Waals surface area contributed by atoms with Crippen LogP contribution in [0.15, 0.2) is 41.0 Å². The summed E-state index contributed by atoms with van der Waals surface area (Å²) < 4.78 is 45.1. The van der Waals surface area contributed by atoms with Crippen molar-refractivity contribution < 1.29 is 32.0 Å². The molecule has 0 spiro atoms. The average Bonchev–Trinajstić information content (AvgIpc) is 3.19. The first kappa shape index (κ1) is 22.8. The smallest absolute Gasteiger partial charge is 0.418 e. The third kappa shape index (κ3) is 6.83. The first-order valence-corrected chi connectivity index (χ1v) is 8.94. The van der Waals surface area contributed by atoms with Crippen LogP contribution in [0.3, 0.4) is 0 Å². The highest BCUT2D eigenvalue weighted by atomic mass is 19.4. The lowest BCUT2D eigenvalue weighted by Gasteiger charge is -2.16. The Morgan fingerprint density at radius 1 is 1.13 bits per heavy atom. The second kappa shape index (κ2) is 9.81. The molecule has 0 atom stereocenters. The van der Waals surface area contributed by atoms with Gasteiger partial charge < -0.3 is 20.4 Å². The largest absolute Gasteiger partial charge is 0.459 e. The third-order valence-corrected chi connectivity index (χ3v) is 3.69. The molecule has 162 valence electrons. The number of anilines is 2. The number of carbonyl (C=O) groups is 3. The second-order valence-corrected chi connectivity index (χ2v) is 6.70. The third-order valence-electron chi connectivity index (χ3n) is 3.69. The van der Waals surface area contributed by atoms with Crippen molar-refractivity contribution in [1.29, 1.82) is 0 Å². The summed E-state index contributed by atoms with van der Waals surface area (Å²) in [5.74, 6) is -1.40. The number of hydrogen-bond acceptors (Lipinski definition) is 5. The van der Waals surface area contributed by atoms with E-state index in [1.54, 1.807) is 0 Å². The van der Waals surface area contributed by atoms with Crippen LogP contribution in [0.4, 0.5) is 29.3 Å². The van der Waals surface area contributed by atoms with Crippen molar-refractivity contribution in [2.45, 2.75) is 20.0 Å². The van der Waals surface area contributed by atoms with Gasteiger partial charge in [0.2, 0.25) is 5.91 Å². The topological polar surface area (TPSA) is 112 Å². The zero-order valence-electron chi connectivity index (χ0n) is 16.2. The number of imide groups is 1. The van der Waals surface area contributed by atoms with E-state index in [-0.39, 0.29) is 23.1 Å². The first-order valence-electron chi connectivity index (χ1n) is 8.94. The molecule has 0 saturated carbocycles. The Kier molecular flexibility index (Phi) is 7.45. The lowest BCUT2D eigenvalue weighted by atomic mass is 10.1. The summed E-state index contributed by atoms with van der Waals surface area (Å²) in [5.41, 5.74) is -1.57. The highest BCUT2D eigenvalue weighted by Gasteiger charge is 2.34. The molecule has 1 heterocycles. The average molecular weight is 426 g/mol. The van der Waals surface area contributed by atoms with Gasteiger partial charge in [0.1, 0.15) is 0 Å². The molecular formula is C19H21F3N4O4. The molecule has 4 amide bonds. The van der Waals surface area contributed by atoms with E-state index >= 15 is 0 Å². The van der Waals surface area contributed by atoms with Crippen LogP contribution in [0.1, 0.15) is 30.0 Å². The quantitative estimate of drug-likeness (QED) is 0.542. The van der Waals surface area contributed by atoms with Gasteiger partial charge in [-0.1, -0.05) is 13.8 Å². The van der Waals surface area contributed by atoms with E-state index in [1.807, 2.05) is 19.2 Å².